The summed E-state index contributed by atoms with van der Waals surface area (Å²) in [6.07, 6.45) is 1.11. The van der Waals surface area contributed by atoms with Crippen molar-refractivity contribution in [1.29, 1.82) is 0 Å². The van der Waals surface area contributed by atoms with Gasteiger partial charge in [-0.3, -0.25) is 0 Å². The number of fused-ring (bicyclic) bond motifs is 1. The molecule has 0 saturated heterocycles. The largest absolute Gasteiger partial charge is 0.485 e. The molecule has 0 aromatic heterocycles. The van der Waals surface area contributed by atoms with Crippen molar-refractivity contribution in [3.8, 4) is 11.5 Å². The van der Waals surface area contributed by atoms with Gasteiger partial charge in [0.05, 0.1) is 0 Å². The SMILES string of the molecule is CCC(C)NCc1ccc(C2COc3ccccc3O2)cc1. The first-order chi connectivity index (χ1) is 10.8. The molecule has 0 fully saturated rings. The molecule has 1 heterocycles. The lowest BCUT2D eigenvalue weighted by Crippen LogP contribution is -2.24. The van der Waals surface area contributed by atoms with Gasteiger partial charge in [-0.1, -0.05) is 43.3 Å². The van der Waals surface area contributed by atoms with Crippen molar-refractivity contribution >= 4 is 0 Å². The zero-order valence-electron chi connectivity index (χ0n) is 13.2. The highest BCUT2D eigenvalue weighted by atomic mass is 16.6. The average molecular weight is 297 g/mol. The molecule has 0 saturated carbocycles. The van der Waals surface area contributed by atoms with Gasteiger partial charge >= 0.3 is 0 Å². The molecule has 22 heavy (non-hydrogen) atoms. The van der Waals surface area contributed by atoms with Gasteiger partial charge in [-0.15, -0.1) is 0 Å². The van der Waals surface area contributed by atoms with Crippen LogP contribution in [0.15, 0.2) is 48.5 Å². The number of hydrogen-bond donors (Lipinski definition) is 1. The highest BCUT2D eigenvalue weighted by molar-refractivity contribution is 5.41. The molecule has 1 aliphatic rings. The van der Waals surface area contributed by atoms with Crippen LogP contribution in [0.1, 0.15) is 37.5 Å². The van der Waals surface area contributed by atoms with Crippen molar-refractivity contribution in [2.24, 2.45) is 0 Å². The summed E-state index contributed by atoms with van der Waals surface area (Å²) >= 11 is 0. The van der Waals surface area contributed by atoms with E-state index in [-0.39, 0.29) is 6.10 Å². The van der Waals surface area contributed by atoms with Crippen molar-refractivity contribution in [3.63, 3.8) is 0 Å². The van der Waals surface area contributed by atoms with E-state index in [1.165, 1.54) is 5.56 Å². The maximum Gasteiger partial charge on any atom is 0.162 e. The summed E-state index contributed by atoms with van der Waals surface area (Å²) in [5.74, 6) is 1.65. The second-order valence-electron chi connectivity index (χ2n) is 5.80. The molecule has 1 aliphatic heterocycles. The van der Waals surface area contributed by atoms with E-state index in [1.807, 2.05) is 24.3 Å². The van der Waals surface area contributed by atoms with Gasteiger partial charge in [0.1, 0.15) is 6.61 Å². The highest BCUT2D eigenvalue weighted by Gasteiger charge is 2.21. The number of benzene rings is 2. The molecule has 0 aliphatic carbocycles. The van der Waals surface area contributed by atoms with Crippen molar-refractivity contribution in [2.45, 2.75) is 39.0 Å². The number of para-hydroxylation sites is 2. The third kappa shape index (κ3) is 3.42. The van der Waals surface area contributed by atoms with Crippen LogP contribution < -0.4 is 14.8 Å². The Morgan fingerprint density at radius 1 is 1.09 bits per heavy atom. The molecule has 0 radical (unpaired) electrons. The Morgan fingerprint density at radius 2 is 1.82 bits per heavy atom. The molecule has 0 spiro atoms. The van der Waals surface area contributed by atoms with E-state index in [0.29, 0.717) is 12.6 Å². The van der Waals surface area contributed by atoms with Crippen molar-refractivity contribution < 1.29 is 9.47 Å². The van der Waals surface area contributed by atoms with E-state index in [2.05, 4.69) is 43.4 Å². The zero-order valence-corrected chi connectivity index (χ0v) is 13.2. The van der Waals surface area contributed by atoms with Gasteiger partial charge in [0, 0.05) is 12.6 Å². The number of nitrogens with one attached hydrogen (secondary N) is 1. The van der Waals surface area contributed by atoms with E-state index in [1.54, 1.807) is 0 Å². The summed E-state index contributed by atoms with van der Waals surface area (Å²) in [6, 6.07) is 17.0. The maximum absolute atomic E-state index is 6.03. The van der Waals surface area contributed by atoms with E-state index < -0.39 is 0 Å². The van der Waals surface area contributed by atoms with Crippen LogP contribution in [0.5, 0.6) is 11.5 Å². The predicted octanol–water partition coefficient (Wildman–Crippen LogP) is 4.09. The van der Waals surface area contributed by atoms with E-state index >= 15 is 0 Å². The number of hydrogen-bond acceptors (Lipinski definition) is 3. The molecule has 2 atom stereocenters. The Labute approximate surface area is 132 Å². The van der Waals surface area contributed by atoms with Gasteiger partial charge in [-0.2, -0.15) is 0 Å². The fourth-order valence-corrected chi connectivity index (χ4v) is 2.47. The molecule has 3 heteroatoms. The van der Waals surface area contributed by atoms with E-state index in [9.17, 15) is 0 Å². The summed E-state index contributed by atoms with van der Waals surface area (Å²) in [6.45, 7) is 5.86. The number of rotatable bonds is 5. The molecular weight excluding hydrogens is 274 g/mol. The lowest BCUT2D eigenvalue weighted by atomic mass is 10.1. The Morgan fingerprint density at radius 3 is 2.55 bits per heavy atom. The quantitative estimate of drug-likeness (QED) is 0.901. The van der Waals surface area contributed by atoms with Gasteiger partial charge in [0.2, 0.25) is 0 Å². The molecule has 2 aromatic rings. The van der Waals surface area contributed by atoms with Crippen molar-refractivity contribution in [1.82, 2.24) is 5.32 Å². The number of ether oxygens (including phenoxy) is 2. The minimum atomic E-state index is -0.0357. The second-order valence-corrected chi connectivity index (χ2v) is 5.80. The summed E-state index contributed by atoms with van der Waals surface area (Å²) in [4.78, 5) is 0. The van der Waals surface area contributed by atoms with Crippen LogP contribution in [0.25, 0.3) is 0 Å². The van der Waals surface area contributed by atoms with Crippen LogP contribution in [0.3, 0.4) is 0 Å². The van der Waals surface area contributed by atoms with Gasteiger partial charge in [0.25, 0.3) is 0 Å². The Kier molecular flexibility index (Phi) is 4.64. The first-order valence-corrected chi connectivity index (χ1v) is 7.97. The Balaban J connectivity index is 1.64. The summed E-state index contributed by atoms with van der Waals surface area (Å²) < 4.78 is 11.8. The highest BCUT2D eigenvalue weighted by Crippen LogP contribution is 2.35. The van der Waals surface area contributed by atoms with Crippen LogP contribution in [0.4, 0.5) is 0 Å². The van der Waals surface area contributed by atoms with Crippen molar-refractivity contribution in [3.05, 3.63) is 59.7 Å². The van der Waals surface area contributed by atoms with Crippen LogP contribution in [-0.2, 0) is 6.54 Å². The maximum atomic E-state index is 6.03. The van der Waals surface area contributed by atoms with Crippen molar-refractivity contribution in [2.75, 3.05) is 6.61 Å². The Hall–Kier alpha value is -2.00. The fraction of sp³-hybridized carbons (Fsp3) is 0.368. The summed E-state index contributed by atoms with van der Waals surface area (Å²) in [5.41, 5.74) is 2.45. The molecule has 2 aromatic carbocycles. The van der Waals surface area contributed by atoms with E-state index in [0.717, 1.165) is 30.0 Å². The Bertz CT molecular complexity index is 609. The third-order valence-corrected chi connectivity index (χ3v) is 4.13. The first-order valence-electron chi connectivity index (χ1n) is 7.97. The van der Waals surface area contributed by atoms with Gasteiger partial charge in [-0.25, -0.2) is 0 Å². The van der Waals surface area contributed by atoms with Gasteiger partial charge < -0.3 is 14.8 Å². The predicted molar refractivity (Wildman–Crippen MR) is 88.3 cm³/mol. The molecule has 116 valence electrons. The summed E-state index contributed by atoms with van der Waals surface area (Å²) in [5, 5.41) is 3.50. The molecule has 2 unspecified atom stereocenters. The minimum absolute atomic E-state index is 0.0357. The van der Waals surface area contributed by atoms with Crippen LogP contribution in [0, 0.1) is 0 Å². The van der Waals surface area contributed by atoms with Crippen LogP contribution in [0.2, 0.25) is 0 Å². The molecule has 1 N–H and O–H groups in total. The van der Waals surface area contributed by atoms with Gasteiger partial charge in [-0.05, 0) is 36.6 Å². The smallest absolute Gasteiger partial charge is 0.162 e. The molecule has 0 bridgehead atoms. The molecule has 0 amide bonds. The topological polar surface area (TPSA) is 30.5 Å². The minimum Gasteiger partial charge on any atom is -0.485 e. The molecule has 3 rings (SSSR count). The lowest BCUT2D eigenvalue weighted by Gasteiger charge is -2.26. The summed E-state index contributed by atoms with van der Waals surface area (Å²) in [7, 11) is 0. The lowest BCUT2D eigenvalue weighted by molar-refractivity contribution is 0.0913. The average Bonchev–Trinajstić information content (AvgIpc) is 2.59. The van der Waals surface area contributed by atoms with Gasteiger partial charge in [0.15, 0.2) is 17.6 Å². The standard InChI is InChI=1S/C19H23NO2/c1-3-14(2)20-12-15-8-10-16(11-9-15)19-13-21-17-6-4-5-7-18(17)22-19/h4-11,14,19-20H,3,12-13H2,1-2H3. The fourth-order valence-electron chi connectivity index (χ4n) is 2.47. The normalized spacial score (nSPS) is 18.0. The third-order valence-electron chi connectivity index (χ3n) is 4.13. The van der Waals surface area contributed by atoms with Crippen LogP contribution >= 0.6 is 0 Å². The van der Waals surface area contributed by atoms with Crippen LogP contribution in [-0.4, -0.2) is 12.6 Å². The molecule has 3 nitrogen and oxygen atoms in total. The zero-order chi connectivity index (χ0) is 15.4. The van der Waals surface area contributed by atoms with E-state index in [4.69, 9.17) is 9.47 Å². The molecular formula is C19H23NO2. The first kappa shape index (κ1) is 14.9. The monoisotopic (exact) mass is 297 g/mol. The second kappa shape index (κ2) is 6.84.